The zero-order valence-electron chi connectivity index (χ0n) is 9.06. The van der Waals surface area contributed by atoms with Crippen LogP contribution in [0.3, 0.4) is 0 Å². The molecule has 0 aliphatic rings. The number of carbonyl (C=O) groups is 1. The minimum atomic E-state index is -4.60. The number of aromatic nitrogens is 1. The van der Waals surface area contributed by atoms with E-state index >= 15 is 0 Å². The first-order valence-electron chi connectivity index (χ1n) is 4.68. The number of hydrogen-bond acceptors (Lipinski definition) is 3. The Morgan fingerprint density at radius 3 is 2.53 bits per heavy atom. The first kappa shape index (κ1) is 13.8. The van der Waals surface area contributed by atoms with Gasteiger partial charge in [0.1, 0.15) is 10.8 Å². The van der Waals surface area contributed by atoms with Crippen LogP contribution in [0.2, 0.25) is 5.15 Å². The predicted molar refractivity (Wildman–Crippen MR) is 54.9 cm³/mol. The van der Waals surface area contributed by atoms with Crippen molar-refractivity contribution in [1.82, 2.24) is 4.98 Å². The van der Waals surface area contributed by atoms with Crippen LogP contribution in [0.1, 0.15) is 28.5 Å². The van der Waals surface area contributed by atoms with Crippen LogP contribution in [-0.4, -0.2) is 17.6 Å². The van der Waals surface area contributed by atoms with Crippen molar-refractivity contribution in [2.75, 3.05) is 6.61 Å². The zero-order valence-corrected chi connectivity index (χ0v) is 9.82. The lowest BCUT2D eigenvalue weighted by atomic mass is 10.1. The van der Waals surface area contributed by atoms with Crippen molar-refractivity contribution in [3.63, 3.8) is 0 Å². The molecule has 1 aromatic heterocycles. The number of rotatable bonds is 2. The summed E-state index contributed by atoms with van der Waals surface area (Å²) in [6.07, 6.45) is -4.60. The third-order valence-corrected chi connectivity index (χ3v) is 2.22. The van der Waals surface area contributed by atoms with Gasteiger partial charge in [-0.1, -0.05) is 11.6 Å². The first-order chi connectivity index (χ1) is 7.77. The molecule has 1 heterocycles. The Balaban J connectivity index is 3.25. The van der Waals surface area contributed by atoms with E-state index in [0.29, 0.717) is 0 Å². The zero-order chi connectivity index (χ0) is 13.2. The second-order valence-electron chi connectivity index (χ2n) is 3.21. The van der Waals surface area contributed by atoms with Gasteiger partial charge in [0.05, 0.1) is 12.2 Å². The van der Waals surface area contributed by atoms with Crippen molar-refractivity contribution < 1.29 is 22.7 Å². The summed E-state index contributed by atoms with van der Waals surface area (Å²) in [6, 6.07) is 0.762. The summed E-state index contributed by atoms with van der Waals surface area (Å²) in [4.78, 5) is 14.6. The van der Waals surface area contributed by atoms with Crippen molar-refractivity contribution >= 4 is 17.6 Å². The average Bonchev–Trinajstić information content (AvgIpc) is 2.15. The van der Waals surface area contributed by atoms with Crippen LogP contribution < -0.4 is 0 Å². The minimum absolute atomic E-state index is 0.0794. The van der Waals surface area contributed by atoms with Crippen molar-refractivity contribution in [1.29, 1.82) is 0 Å². The quantitative estimate of drug-likeness (QED) is 0.610. The number of ether oxygens (including phenoxy) is 1. The molecule has 0 aromatic carbocycles. The van der Waals surface area contributed by atoms with E-state index in [1.807, 2.05) is 0 Å². The molecule has 0 N–H and O–H groups in total. The molecule has 0 bridgehead atoms. The van der Waals surface area contributed by atoms with E-state index < -0.39 is 23.0 Å². The van der Waals surface area contributed by atoms with Gasteiger partial charge in [-0.2, -0.15) is 13.2 Å². The third kappa shape index (κ3) is 3.09. The lowest BCUT2D eigenvalue weighted by molar-refractivity contribution is -0.141. The number of aryl methyl sites for hydroxylation is 1. The van der Waals surface area contributed by atoms with Gasteiger partial charge < -0.3 is 4.74 Å². The van der Waals surface area contributed by atoms with Gasteiger partial charge >= 0.3 is 12.1 Å². The molecule has 17 heavy (non-hydrogen) atoms. The van der Waals surface area contributed by atoms with Gasteiger partial charge in [0.2, 0.25) is 0 Å². The van der Waals surface area contributed by atoms with Crippen LogP contribution in [-0.2, 0) is 10.9 Å². The standard InChI is InChI=1S/C10H9ClF3NO2/c1-3-17-9(16)7-5(2)4-6(10(12,13)14)15-8(7)11/h4H,3H2,1-2H3. The molecule has 94 valence electrons. The summed E-state index contributed by atoms with van der Waals surface area (Å²) in [7, 11) is 0. The van der Waals surface area contributed by atoms with Gasteiger partial charge in [0, 0.05) is 0 Å². The maximum absolute atomic E-state index is 12.4. The van der Waals surface area contributed by atoms with E-state index in [1.165, 1.54) is 6.92 Å². The summed E-state index contributed by atoms with van der Waals surface area (Å²) in [5, 5.41) is -0.504. The minimum Gasteiger partial charge on any atom is -0.462 e. The summed E-state index contributed by atoms with van der Waals surface area (Å²) < 4.78 is 41.8. The van der Waals surface area contributed by atoms with Crippen molar-refractivity contribution in [2.24, 2.45) is 0 Å². The lowest BCUT2D eigenvalue weighted by Gasteiger charge is -2.11. The molecule has 0 aliphatic carbocycles. The van der Waals surface area contributed by atoms with E-state index in [9.17, 15) is 18.0 Å². The van der Waals surface area contributed by atoms with Crippen LogP contribution in [0.15, 0.2) is 6.07 Å². The molecule has 0 unspecified atom stereocenters. The number of pyridine rings is 1. The number of alkyl halides is 3. The monoisotopic (exact) mass is 267 g/mol. The number of carbonyl (C=O) groups excluding carboxylic acids is 1. The molecular formula is C10H9ClF3NO2. The Morgan fingerprint density at radius 1 is 1.53 bits per heavy atom. The maximum atomic E-state index is 12.4. The van der Waals surface area contributed by atoms with Gasteiger partial charge in [-0.3, -0.25) is 0 Å². The average molecular weight is 268 g/mol. The third-order valence-electron chi connectivity index (χ3n) is 1.94. The maximum Gasteiger partial charge on any atom is 0.433 e. The summed E-state index contributed by atoms with van der Waals surface area (Å²) >= 11 is 5.56. The van der Waals surface area contributed by atoms with Crippen molar-refractivity contribution in [3.8, 4) is 0 Å². The Kier molecular flexibility index (Phi) is 3.98. The normalized spacial score (nSPS) is 11.4. The Labute approximate surface area is 101 Å². The fourth-order valence-corrected chi connectivity index (χ4v) is 1.54. The Hall–Kier alpha value is -1.30. The van der Waals surface area contributed by atoms with Gasteiger partial charge in [-0.25, -0.2) is 9.78 Å². The highest BCUT2D eigenvalue weighted by atomic mass is 35.5. The molecular weight excluding hydrogens is 259 g/mol. The lowest BCUT2D eigenvalue weighted by Crippen LogP contribution is -2.14. The van der Waals surface area contributed by atoms with Crippen LogP contribution in [0.25, 0.3) is 0 Å². The fraction of sp³-hybridized carbons (Fsp3) is 0.400. The molecule has 1 rings (SSSR count). The van der Waals surface area contributed by atoms with Gasteiger partial charge in [-0.15, -0.1) is 0 Å². The predicted octanol–water partition coefficient (Wildman–Crippen LogP) is 3.24. The van der Waals surface area contributed by atoms with Crippen LogP contribution in [0.5, 0.6) is 0 Å². The molecule has 0 saturated carbocycles. The van der Waals surface area contributed by atoms with E-state index in [1.54, 1.807) is 6.92 Å². The SMILES string of the molecule is CCOC(=O)c1c(C)cc(C(F)(F)F)nc1Cl. The first-order valence-corrected chi connectivity index (χ1v) is 5.06. The van der Waals surface area contributed by atoms with E-state index in [4.69, 9.17) is 11.6 Å². The van der Waals surface area contributed by atoms with Crippen molar-refractivity contribution in [3.05, 3.63) is 28.0 Å². The van der Waals surface area contributed by atoms with E-state index in [2.05, 4.69) is 9.72 Å². The molecule has 7 heteroatoms. The van der Waals surface area contributed by atoms with Crippen LogP contribution >= 0.6 is 11.6 Å². The Morgan fingerprint density at radius 2 is 2.12 bits per heavy atom. The largest absolute Gasteiger partial charge is 0.462 e. The molecule has 0 saturated heterocycles. The summed E-state index contributed by atoms with van der Waals surface area (Å²) in [6.45, 7) is 3.03. The topological polar surface area (TPSA) is 39.2 Å². The molecule has 0 spiro atoms. The molecule has 0 radical (unpaired) electrons. The highest BCUT2D eigenvalue weighted by Gasteiger charge is 2.34. The van der Waals surface area contributed by atoms with E-state index in [-0.39, 0.29) is 17.7 Å². The van der Waals surface area contributed by atoms with Crippen LogP contribution in [0, 0.1) is 6.92 Å². The second kappa shape index (κ2) is 4.91. The molecule has 0 atom stereocenters. The molecule has 1 aromatic rings. The second-order valence-corrected chi connectivity index (χ2v) is 3.57. The molecule has 3 nitrogen and oxygen atoms in total. The molecule has 0 amide bonds. The van der Waals surface area contributed by atoms with Crippen molar-refractivity contribution in [2.45, 2.75) is 20.0 Å². The molecule has 0 aliphatic heterocycles. The fourth-order valence-electron chi connectivity index (χ4n) is 1.23. The van der Waals surface area contributed by atoms with E-state index in [0.717, 1.165) is 6.07 Å². The highest BCUT2D eigenvalue weighted by molar-refractivity contribution is 6.32. The molecule has 0 fully saturated rings. The number of nitrogens with zero attached hydrogens (tertiary/aromatic N) is 1. The summed E-state index contributed by atoms with van der Waals surface area (Å²) in [5.74, 6) is -0.781. The van der Waals surface area contributed by atoms with Gasteiger partial charge in [0.25, 0.3) is 0 Å². The van der Waals surface area contributed by atoms with Crippen LogP contribution in [0.4, 0.5) is 13.2 Å². The van der Waals surface area contributed by atoms with Gasteiger partial charge in [0.15, 0.2) is 0 Å². The Bertz CT molecular complexity index is 423. The highest BCUT2D eigenvalue weighted by Crippen LogP contribution is 2.31. The summed E-state index contributed by atoms with van der Waals surface area (Å²) in [5.41, 5.74) is -1.19. The number of esters is 1. The number of halogens is 4. The number of hydrogen-bond donors (Lipinski definition) is 0. The van der Waals surface area contributed by atoms with Gasteiger partial charge in [-0.05, 0) is 25.5 Å². The smallest absolute Gasteiger partial charge is 0.433 e.